The van der Waals surface area contributed by atoms with Crippen LogP contribution in [0.2, 0.25) is 0 Å². The Morgan fingerprint density at radius 3 is 1.96 bits per heavy atom. The molecule has 7 aromatic rings. The highest BCUT2D eigenvalue weighted by molar-refractivity contribution is 5.79. The van der Waals surface area contributed by atoms with Gasteiger partial charge in [-0.25, -0.2) is 9.97 Å². The molecular formula is C43H41N5. The van der Waals surface area contributed by atoms with E-state index in [-0.39, 0.29) is 0 Å². The lowest BCUT2D eigenvalue weighted by Gasteiger charge is -2.27. The molecule has 5 heteroatoms. The predicted octanol–water partition coefficient (Wildman–Crippen LogP) is 11.2. The van der Waals surface area contributed by atoms with Crippen LogP contribution in [0, 0.1) is 27.7 Å². The van der Waals surface area contributed by atoms with Gasteiger partial charge in [0.2, 0.25) is 5.95 Å². The number of nitrogens with zero attached hydrogens (tertiary/aromatic N) is 5. The summed E-state index contributed by atoms with van der Waals surface area (Å²) >= 11 is 0. The lowest BCUT2D eigenvalue weighted by Crippen LogP contribution is -2.16. The molecule has 0 unspecified atom stereocenters. The van der Waals surface area contributed by atoms with Crippen LogP contribution < -0.4 is 4.90 Å². The van der Waals surface area contributed by atoms with Crippen LogP contribution in [0.1, 0.15) is 47.6 Å². The van der Waals surface area contributed by atoms with Gasteiger partial charge < -0.3 is 0 Å². The van der Waals surface area contributed by atoms with Crippen molar-refractivity contribution in [2.24, 2.45) is 0 Å². The maximum Gasteiger partial charge on any atom is 0.220 e. The Bertz CT molecular complexity index is 2190. The van der Waals surface area contributed by atoms with Gasteiger partial charge >= 0.3 is 0 Å². The van der Waals surface area contributed by atoms with E-state index in [1.54, 1.807) is 0 Å². The highest BCUT2D eigenvalue weighted by Gasteiger charge is 2.25. The summed E-state index contributed by atoms with van der Waals surface area (Å²) in [4.78, 5) is 12.6. The van der Waals surface area contributed by atoms with Gasteiger partial charge in [-0.05, 0) is 80.1 Å². The number of aromatic nitrogens is 4. The quantitative estimate of drug-likeness (QED) is 0.168. The van der Waals surface area contributed by atoms with Gasteiger partial charge in [0.1, 0.15) is 5.82 Å². The fourth-order valence-corrected chi connectivity index (χ4v) is 6.83. The van der Waals surface area contributed by atoms with Crippen LogP contribution in [0.25, 0.3) is 34.0 Å². The average molecular weight is 628 g/mol. The van der Waals surface area contributed by atoms with E-state index in [9.17, 15) is 0 Å². The van der Waals surface area contributed by atoms with Crippen molar-refractivity contribution in [3.8, 4) is 34.0 Å². The van der Waals surface area contributed by atoms with Crippen molar-refractivity contribution in [2.45, 2.75) is 47.5 Å². The van der Waals surface area contributed by atoms with Crippen molar-refractivity contribution in [2.75, 3.05) is 4.90 Å². The van der Waals surface area contributed by atoms with Crippen molar-refractivity contribution in [3.05, 3.63) is 162 Å². The largest absolute Gasteiger partial charge is 0.299 e. The Labute approximate surface area is 283 Å². The SMILES string of the molecule is Cc1cc(C)c(-n2cc(-c3ccccc3)nc2N(c2ccccc2)c2cccc(-c3nccn3-c3c(C)cccc3C)c2)c(C(C)C)c1. The zero-order chi connectivity index (χ0) is 33.4. The monoisotopic (exact) mass is 627 g/mol. The third-order valence-electron chi connectivity index (χ3n) is 8.99. The molecule has 0 atom stereocenters. The van der Waals surface area contributed by atoms with Crippen molar-refractivity contribution < 1.29 is 0 Å². The standard InChI is InChI=1S/C43H41N5/c1-29(2)38-26-30(3)25-33(6)41(38)47-28-39(34-17-9-7-10-18-34)45-43(47)48(36-20-11-8-12-21-36)37-22-14-19-35(27-37)42-44-23-24-46(42)40-31(4)15-13-16-32(40)5/h7-29H,1-6H3. The van der Waals surface area contributed by atoms with Gasteiger partial charge in [0, 0.05) is 41.1 Å². The van der Waals surface area contributed by atoms with Crippen molar-refractivity contribution in [1.29, 1.82) is 0 Å². The summed E-state index contributed by atoms with van der Waals surface area (Å²) in [7, 11) is 0. The third-order valence-corrected chi connectivity index (χ3v) is 8.99. The molecule has 0 aliphatic carbocycles. The van der Waals surface area contributed by atoms with E-state index in [1.165, 1.54) is 33.5 Å². The molecule has 0 bridgehead atoms. The number of hydrogen-bond donors (Lipinski definition) is 0. The van der Waals surface area contributed by atoms with Crippen molar-refractivity contribution in [3.63, 3.8) is 0 Å². The molecule has 0 radical (unpaired) electrons. The summed E-state index contributed by atoms with van der Waals surface area (Å²) in [5, 5.41) is 0. The van der Waals surface area contributed by atoms with Gasteiger partial charge in [-0.3, -0.25) is 14.0 Å². The molecule has 5 aromatic carbocycles. The highest BCUT2D eigenvalue weighted by atomic mass is 15.3. The number of aryl methyl sites for hydroxylation is 4. The molecule has 0 spiro atoms. The summed E-state index contributed by atoms with van der Waals surface area (Å²) in [5.74, 6) is 2.04. The van der Waals surface area contributed by atoms with Gasteiger partial charge in [0.05, 0.1) is 17.1 Å². The first-order chi connectivity index (χ1) is 23.3. The minimum absolute atomic E-state index is 0.325. The molecule has 0 amide bonds. The summed E-state index contributed by atoms with van der Waals surface area (Å²) in [6.07, 6.45) is 6.13. The molecule has 2 heterocycles. The van der Waals surface area contributed by atoms with Crippen LogP contribution in [0.5, 0.6) is 0 Å². The Kier molecular flexibility index (Phi) is 8.28. The van der Waals surface area contributed by atoms with Crippen molar-refractivity contribution >= 4 is 17.3 Å². The van der Waals surface area contributed by atoms with Crippen LogP contribution in [-0.4, -0.2) is 19.1 Å². The molecular weight excluding hydrogens is 587 g/mol. The summed E-state index contributed by atoms with van der Waals surface area (Å²) in [6.45, 7) is 13.2. The fourth-order valence-electron chi connectivity index (χ4n) is 6.83. The molecule has 0 aliphatic rings. The second-order valence-corrected chi connectivity index (χ2v) is 12.9. The Balaban J connectivity index is 1.47. The van der Waals surface area contributed by atoms with Crippen LogP contribution >= 0.6 is 0 Å². The van der Waals surface area contributed by atoms with E-state index in [4.69, 9.17) is 9.97 Å². The number of imidazole rings is 2. The number of benzene rings is 5. The minimum atomic E-state index is 0.325. The van der Waals surface area contributed by atoms with E-state index < -0.39 is 0 Å². The molecule has 7 rings (SSSR count). The molecule has 48 heavy (non-hydrogen) atoms. The summed E-state index contributed by atoms with van der Waals surface area (Å²) < 4.78 is 4.50. The molecule has 0 N–H and O–H groups in total. The van der Waals surface area contributed by atoms with E-state index >= 15 is 0 Å². The first-order valence-corrected chi connectivity index (χ1v) is 16.6. The normalized spacial score (nSPS) is 11.3. The Morgan fingerprint density at radius 1 is 0.604 bits per heavy atom. The van der Waals surface area contributed by atoms with Crippen molar-refractivity contribution in [1.82, 2.24) is 19.1 Å². The number of hydrogen-bond acceptors (Lipinski definition) is 3. The minimum Gasteiger partial charge on any atom is -0.299 e. The Morgan fingerprint density at radius 2 is 1.25 bits per heavy atom. The van der Waals surface area contributed by atoms with E-state index in [1.807, 2.05) is 12.3 Å². The lowest BCUT2D eigenvalue weighted by molar-refractivity contribution is 0.839. The Hall–Kier alpha value is -5.68. The van der Waals surface area contributed by atoms with Gasteiger partial charge in [0.15, 0.2) is 0 Å². The van der Waals surface area contributed by atoms with Crippen LogP contribution in [0.3, 0.4) is 0 Å². The molecule has 0 saturated carbocycles. The fraction of sp³-hybridized carbons (Fsp3) is 0.163. The topological polar surface area (TPSA) is 38.9 Å². The average Bonchev–Trinajstić information content (AvgIpc) is 3.74. The van der Waals surface area contributed by atoms with Gasteiger partial charge in [-0.2, -0.15) is 0 Å². The second-order valence-electron chi connectivity index (χ2n) is 12.9. The van der Waals surface area contributed by atoms with Gasteiger partial charge in [0.25, 0.3) is 0 Å². The molecule has 5 nitrogen and oxygen atoms in total. The molecule has 0 saturated heterocycles. The van der Waals surface area contributed by atoms with Crippen LogP contribution in [0.15, 0.2) is 134 Å². The zero-order valence-electron chi connectivity index (χ0n) is 28.5. The second kappa shape index (κ2) is 12.8. The summed E-state index contributed by atoms with van der Waals surface area (Å²) in [6, 6.07) is 40.6. The smallest absolute Gasteiger partial charge is 0.220 e. The molecule has 0 aliphatic heterocycles. The van der Waals surface area contributed by atoms with Crippen LogP contribution in [-0.2, 0) is 0 Å². The maximum absolute atomic E-state index is 5.42. The lowest BCUT2D eigenvalue weighted by atomic mass is 9.95. The first-order valence-electron chi connectivity index (χ1n) is 16.6. The van der Waals surface area contributed by atoms with E-state index in [2.05, 4.69) is 177 Å². The number of rotatable bonds is 8. The van der Waals surface area contributed by atoms with E-state index in [0.717, 1.165) is 45.7 Å². The number of anilines is 3. The molecule has 2 aromatic heterocycles. The zero-order valence-corrected chi connectivity index (χ0v) is 28.5. The maximum atomic E-state index is 5.42. The molecule has 238 valence electrons. The first kappa shape index (κ1) is 30.9. The predicted molar refractivity (Wildman–Crippen MR) is 199 cm³/mol. The van der Waals surface area contributed by atoms with Gasteiger partial charge in [-0.15, -0.1) is 0 Å². The van der Waals surface area contributed by atoms with E-state index in [0.29, 0.717) is 5.92 Å². The summed E-state index contributed by atoms with van der Waals surface area (Å²) in [5.41, 5.74) is 13.6. The number of para-hydroxylation sites is 2. The van der Waals surface area contributed by atoms with Crippen LogP contribution in [0.4, 0.5) is 17.3 Å². The molecule has 0 fully saturated rings. The highest BCUT2D eigenvalue weighted by Crippen LogP contribution is 2.41. The van der Waals surface area contributed by atoms with Gasteiger partial charge in [-0.1, -0.05) is 110 Å². The third kappa shape index (κ3) is 5.73.